The van der Waals surface area contributed by atoms with Gasteiger partial charge in [-0.05, 0) is 22.0 Å². The molecule has 0 atom stereocenters. The molecule has 0 saturated carbocycles. The van der Waals surface area contributed by atoms with Gasteiger partial charge in [0.15, 0.2) is 0 Å². The van der Waals surface area contributed by atoms with Gasteiger partial charge in [-0.1, -0.05) is 12.1 Å². The molecule has 0 unspecified atom stereocenters. The third-order valence-electron chi connectivity index (χ3n) is 1.55. The van der Waals surface area contributed by atoms with Gasteiger partial charge in [0.2, 0.25) is 0 Å². The van der Waals surface area contributed by atoms with Crippen LogP contribution in [-0.4, -0.2) is 6.21 Å². The van der Waals surface area contributed by atoms with Crippen LogP contribution in [0.1, 0.15) is 11.1 Å². The molecule has 0 radical (unpaired) electrons. The van der Waals surface area contributed by atoms with Gasteiger partial charge in [0.25, 0.3) is 0 Å². The van der Waals surface area contributed by atoms with Gasteiger partial charge in [-0.25, -0.2) is 0 Å². The predicted molar refractivity (Wildman–Crippen MR) is 50.9 cm³/mol. The second kappa shape index (κ2) is 4.00. The Kier molecular flexibility index (Phi) is 3.15. The van der Waals surface area contributed by atoms with Crippen LogP contribution in [0.15, 0.2) is 27.8 Å². The Morgan fingerprint density at radius 2 is 2.00 bits per heavy atom. The fourth-order valence-electron chi connectivity index (χ4n) is 0.949. The van der Waals surface area contributed by atoms with Crippen molar-refractivity contribution in [3.05, 3.63) is 33.8 Å². The number of nitrogens with two attached hydrogens (primary N) is 1. The monoisotopic (exact) mass is 266 g/mol. The Morgan fingerprint density at radius 3 is 2.50 bits per heavy atom. The van der Waals surface area contributed by atoms with E-state index < -0.39 is 11.7 Å². The van der Waals surface area contributed by atoms with Crippen LogP contribution in [-0.2, 0) is 6.18 Å². The first-order valence-corrected chi connectivity index (χ1v) is 4.35. The summed E-state index contributed by atoms with van der Waals surface area (Å²) < 4.78 is 37.0. The molecule has 0 fully saturated rings. The fraction of sp³-hybridized carbons (Fsp3) is 0.125. The molecule has 2 N–H and O–H groups in total. The highest BCUT2D eigenvalue weighted by Crippen LogP contribution is 2.35. The first kappa shape index (κ1) is 11.0. The number of hydrogen-bond donors (Lipinski definition) is 1. The van der Waals surface area contributed by atoms with E-state index in [0.717, 1.165) is 12.3 Å². The molecule has 0 spiro atoms. The van der Waals surface area contributed by atoms with Crippen molar-refractivity contribution in [2.45, 2.75) is 6.18 Å². The van der Waals surface area contributed by atoms with Crippen molar-refractivity contribution in [2.75, 3.05) is 0 Å². The first-order chi connectivity index (χ1) is 6.46. The average Bonchev–Trinajstić information content (AvgIpc) is 2.07. The predicted octanol–water partition coefficient (Wildman–Crippen LogP) is 2.76. The Labute approximate surface area is 86.7 Å². The Balaban J connectivity index is 3.28. The maximum atomic E-state index is 12.4. The van der Waals surface area contributed by atoms with Crippen molar-refractivity contribution in [1.82, 2.24) is 0 Å². The highest BCUT2D eigenvalue weighted by Gasteiger charge is 2.33. The topological polar surface area (TPSA) is 38.4 Å². The van der Waals surface area contributed by atoms with Crippen LogP contribution >= 0.6 is 15.9 Å². The molecule has 1 rings (SSSR count). The zero-order valence-corrected chi connectivity index (χ0v) is 8.43. The number of hydrazone groups is 1. The van der Waals surface area contributed by atoms with Gasteiger partial charge in [0, 0.05) is 10.0 Å². The summed E-state index contributed by atoms with van der Waals surface area (Å²) in [7, 11) is 0. The molecule has 2 nitrogen and oxygen atoms in total. The summed E-state index contributed by atoms with van der Waals surface area (Å²) in [5, 5.41) is 3.17. The molecule has 1 aromatic rings. The highest BCUT2D eigenvalue weighted by atomic mass is 79.9. The van der Waals surface area contributed by atoms with E-state index in [-0.39, 0.29) is 4.47 Å². The lowest BCUT2D eigenvalue weighted by Gasteiger charge is -2.09. The molecule has 0 aromatic heterocycles. The van der Waals surface area contributed by atoms with E-state index in [1.54, 1.807) is 0 Å². The summed E-state index contributed by atoms with van der Waals surface area (Å²) in [6, 6.07) is 3.76. The second-order valence-corrected chi connectivity index (χ2v) is 3.28. The standard InChI is InChI=1S/C8H6BrF3N2/c9-7-5(4-14-13)2-1-3-6(7)8(10,11)12/h1-4H,13H2. The van der Waals surface area contributed by atoms with E-state index in [0.29, 0.717) is 5.56 Å². The minimum Gasteiger partial charge on any atom is -0.323 e. The Bertz CT molecular complexity index is 360. The maximum Gasteiger partial charge on any atom is 0.417 e. The van der Waals surface area contributed by atoms with E-state index >= 15 is 0 Å². The summed E-state index contributed by atoms with van der Waals surface area (Å²) in [4.78, 5) is 0. The lowest BCUT2D eigenvalue weighted by atomic mass is 10.1. The molecule has 0 heterocycles. The van der Waals surface area contributed by atoms with Crippen LogP contribution in [0.25, 0.3) is 0 Å². The molecule has 76 valence electrons. The van der Waals surface area contributed by atoms with Crippen molar-refractivity contribution in [1.29, 1.82) is 0 Å². The van der Waals surface area contributed by atoms with Crippen molar-refractivity contribution in [2.24, 2.45) is 10.9 Å². The van der Waals surface area contributed by atoms with Gasteiger partial charge >= 0.3 is 6.18 Å². The smallest absolute Gasteiger partial charge is 0.323 e. The number of halogens is 4. The zero-order chi connectivity index (χ0) is 10.8. The molecule has 0 aliphatic rings. The summed E-state index contributed by atoms with van der Waals surface area (Å²) in [5.41, 5.74) is -0.447. The van der Waals surface area contributed by atoms with E-state index in [1.807, 2.05) is 0 Å². The molecule has 0 amide bonds. The Morgan fingerprint density at radius 1 is 1.36 bits per heavy atom. The Hall–Kier alpha value is -1.04. The van der Waals surface area contributed by atoms with E-state index in [2.05, 4.69) is 21.0 Å². The number of hydrogen-bond acceptors (Lipinski definition) is 2. The highest BCUT2D eigenvalue weighted by molar-refractivity contribution is 9.10. The van der Waals surface area contributed by atoms with Gasteiger partial charge in [0.05, 0.1) is 11.8 Å². The number of rotatable bonds is 1. The van der Waals surface area contributed by atoms with Crippen LogP contribution < -0.4 is 5.84 Å². The van der Waals surface area contributed by atoms with Crippen molar-refractivity contribution < 1.29 is 13.2 Å². The molecule has 0 aliphatic heterocycles. The molecule has 0 bridgehead atoms. The van der Waals surface area contributed by atoms with Gasteiger partial charge < -0.3 is 5.84 Å². The SMILES string of the molecule is NN=Cc1cccc(C(F)(F)F)c1Br. The van der Waals surface area contributed by atoms with E-state index in [1.165, 1.54) is 12.1 Å². The van der Waals surface area contributed by atoms with E-state index in [9.17, 15) is 13.2 Å². The van der Waals surface area contributed by atoms with Crippen LogP contribution in [0.3, 0.4) is 0 Å². The molecular weight excluding hydrogens is 261 g/mol. The van der Waals surface area contributed by atoms with Crippen molar-refractivity contribution in [3.63, 3.8) is 0 Å². The van der Waals surface area contributed by atoms with Crippen LogP contribution in [0.2, 0.25) is 0 Å². The normalized spacial score (nSPS) is 12.3. The minimum absolute atomic E-state index is 0.0540. The van der Waals surface area contributed by atoms with Gasteiger partial charge in [-0.2, -0.15) is 18.3 Å². The summed E-state index contributed by atoms with van der Waals surface area (Å²) in [6.45, 7) is 0. The molecule has 6 heteroatoms. The third-order valence-corrected chi connectivity index (χ3v) is 2.43. The summed E-state index contributed by atoms with van der Waals surface area (Å²) in [6.07, 6.45) is -3.23. The first-order valence-electron chi connectivity index (χ1n) is 3.56. The molecule has 0 saturated heterocycles. The second-order valence-electron chi connectivity index (χ2n) is 2.48. The van der Waals surface area contributed by atoms with Gasteiger partial charge in [-0.3, -0.25) is 0 Å². The molecule has 14 heavy (non-hydrogen) atoms. The largest absolute Gasteiger partial charge is 0.417 e. The van der Waals surface area contributed by atoms with Crippen molar-refractivity contribution in [3.8, 4) is 0 Å². The molecule has 1 aromatic carbocycles. The van der Waals surface area contributed by atoms with Crippen LogP contribution in [0.5, 0.6) is 0 Å². The lowest BCUT2D eigenvalue weighted by molar-refractivity contribution is -0.138. The number of alkyl halides is 3. The minimum atomic E-state index is -4.38. The quantitative estimate of drug-likeness (QED) is 0.474. The average molecular weight is 267 g/mol. The van der Waals surface area contributed by atoms with Gasteiger partial charge in [0.1, 0.15) is 0 Å². The van der Waals surface area contributed by atoms with Crippen molar-refractivity contribution >= 4 is 22.1 Å². The lowest BCUT2D eigenvalue weighted by Crippen LogP contribution is -2.07. The fourth-order valence-corrected chi connectivity index (χ4v) is 1.54. The summed E-state index contributed by atoms with van der Waals surface area (Å²) >= 11 is 2.85. The van der Waals surface area contributed by atoms with Crippen LogP contribution in [0, 0.1) is 0 Å². The molecular formula is C8H6BrF3N2. The van der Waals surface area contributed by atoms with Crippen LogP contribution in [0.4, 0.5) is 13.2 Å². The summed E-state index contributed by atoms with van der Waals surface area (Å²) in [5.74, 6) is 4.86. The zero-order valence-electron chi connectivity index (χ0n) is 6.85. The number of nitrogens with zero attached hydrogens (tertiary/aromatic N) is 1. The van der Waals surface area contributed by atoms with E-state index in [4.69, 9.17) is 5.84 Å². The van der Waals surface area contributed by atoms with Gasteiger partial charge in [-0.15, -0.1) is 0 Å². The maximum absolute atomic E-state index is 12.4. The number of benzene rings is 1. The third kappa shape index (κ3) is 2.25. The molecule has 0 aliphatic carbocycles.